The molecule has 2 amide bonds. The molecule has 3 unspecified atom stereocenters. The summed E-state index contributed by atoms with van der Waals surface area (Å²) in [5.74, 6) is -10.0. The number of likely N-dealkylation sites (N-methyl/N-ethyl adjacent to an activating group) is 1. The highest BCUT2D eigenvalue weighted by Crippen LogP contribution is 2.51. The van der Waals surface area contributed by atoms with E-state index >= 15 is 0 Å². The Bertz CT molecular complexity index is 1430. The molecule has 0 bridgehead atoms. The Kier molecular flexibility index (Phi) is 6.81. The van der Waals surface area contributed by atoms with Gasteiger partial charge in [0.2, 0.25) is 5.91 Å². The summed E-state index contributed by atoms with van der Waals surface area (Å²) < 4.78 is 0. The van der Waals surface area contributed by atoms with E-state index < -0.39 is 64.7 Å². The average Bonchev–Trinajstić information content (AvgIpc) is 2.90. The smallest absolute Gasteiger partial charge is 0.253 e. The molecule has 1 aromatic carbocycles. The molecule has 6 N–H and O–H groups in total. The Hall–Kier alpha value is -4.00. The number of Topliss-reactive ketones (excluding diaryl/α,β-unsaturated/α-hetero) is 3. The van der Waals surface area contributed by atoms with Crippen LogP contribution in [0.1, 0.15) is 38.3 Å². The van der Waals surface area contributed by atoms with Gasteiger partial charge in [-0.05, 0) is 62.2 Å². The predicted octanol–water partition coefficient (Wildman–Crippen LogP) is -1.02. The third kappa shape index (κ3) is 4.02. The maximum absolute atomic E-state index is 13.9. The molecule has 210 valence electrons. The van der Waals surface area contributed by atoms with E-state index in [-0.39, 0.29) is 36.6 Å². The number of aromatic hydroxyl groups is 1. The first kappa shape index (κ1) is 27.6. The van der Waals surface area contributed by atoms with Crippen molar-refractivity contribution in [3.8, 4) is 5.75 Å². The third-order valence-electron chi connectivity index (χ3n) is 8.63. The summed E-state index contributed by atoms with van der Waals surface area (Å²) in [4.78, 5) is 71.2. The van der Waals surface area contributed by atoms with Gasteiger partial charge in [-0.15, -0.1) is 0 Å². The number of aliphatic hydroxyl groups is 2. The standard InChI is InChI=1S/C28H30N4O8/c1-32(2)21-16-9-14-8-15-12(11-31-27(39)13-4-3-7-30-10-13)5-6-17(33)19(15)22(34)18(14)24(36)28(16,40)25(37)20(23(21)35)26(29)38/h3-7,10,14,16,18,20-21,23,33,35,40H,8-9,11H2,1-2H3,(H2,29,38)(H,31,39)/t14-,16-,18?,20?,21-,23?,28-/m1/s1. The quantitative estimate of drug-likeness (QED) is 0.287. The van der Waals surface area contributed by atoms with Crippen molar-refractivity contribution in [2.45, 2.75) is 37.1 Å². The number of phenols is 1. The van der Waals surface area contributed by atoms with Crippen LogP contribution in [0.15, 0.2) is 36.7 Å². The van der Waals surface area contributed by atoms with Gasteiger partial charge in [0.05, 0.1) is 23.1 Å². The second-order valence-corrected chi connectivity index (χ2v) is 11.0. The number of hydrogen-bond acceptors (Lipinski definition) is 10. The van der Waals surface area contributed by atoms with Crippen molar-refractivity contribution in [1.82, 2.24) is 15.2 Å². The first-order valence-corrected chi connectivity index (χ1v) is 12.9. The number of nitrogens with zero attached hydrogens (tertiary/aromatic N) is 2. The van der Waals surface area contributed by atoms with Gasteiger partial charge >= 0.3 is 0 Å². The van der Waals surface area contributed by atoms with Crippen LogP contribution in [0.25, 0.3) is 0 Å². The molecule has 3 aliphatic rings. The SMILES string of the molecule is CN(C)[C@H]1C(O)C(C(N)=O)C(=O)[C@]2(O)C(=O)C3C(=O)c4c(O)ccc(CNC(=O)c5cccnc5)c4C[C@@H]3C[C@H]12. The average molecular weight is 551 g/mol. The van der Waals surface area contributed by atoms with Crippen LogP contribution in [0.2, 0.25) is 0 Å². The largest absolute Gasteiger partial charge is 0.507 e. The summed E-state index contributed by atoms with van der Waals surface area (Å²) in [5, 5.41) is 36.0. The number of phenolic OH excluding ortho intramolecular Hbond substituents is 1. The predicted molar refractivity (Wildman–Crippen MR) is 138 cm³/mol. The molecule has 1 aromatic heterocycles. The third-order valence-corrected chi connectivity index (χ3v) is 8.63. The van der Waals surface area contributed by atoms with E-state index in [4.69, 9.17) is 5.73 Å². The fourth-order valence-corrected chi connectivity index (χ4v) is 6.83. The molecule has 2 saturated carbocycles. The van der Waals surface area contributed by atoms with Crippen molar-refractivity contribution in [3.63, 3.8) is 0 Å². The van der Waals surface area contributed by atoms with Gasteiger partial charge in [0, 0.05) is 30.9 Å². The number of amides is 2. The number of hydrogen-bond donors (Lipinski definition) is 5. The molecule has 0 saturated heterocycles. The molecule has 40 heavy (non-hydrogen) atoms. The van der Waals surface area contributed by atoms with Gasteiger partial charge in [-0.25, -0.2) is 0 Å². The number of rotatable bonds is 5. The number of pyridine rings is 1. The fraction of sp³-hybridized carbons (Fsp3) is 0.429. The fourth-order valence-electron chi connectivity index (χ4n) is 6.83. The number of ketones is 3. The van der Waals surface area contributed by atoms with Crippen LogP contribution in [0.5, 0.6) is 5.75 Å². The normalized spacial score (nSPS) is 31.3. The second kappa shape index (κ2) is 9.88. The van der Waals surface area contributed by atoms with E-state index in [1.54, 1.807) is 32.3 Å². The van der Waals surface area contributed by atoms with Gasteiger partial charge in [-0.1, -0.05) is 6.07 Å². The van der Waals surface area contributed by atoms with Gasteiger partial charge in [-0.3, -0.25) is 29.0 Å². The van der Waals surface area contributed by atoms with E-state index in [1.807, 2.05) is 0 Å². The van der Waals surface area contributed by atoms with Crippen LogP contribution in [0.3, 0.4) is 0 Å². The summed E-state index contributed by atoms with van der Waals surface area (Å²) >= 11 is 0. The summed E-state index contributed by atoms with van der Waals surface area (Å²) in [6.45, 7) is 0.0279. The minimum Gasteiger partial charge on any atom is -0.507 e. The molecule has 12 heteroatoms. The lowest BCUT2D eigenvalue weighted by Crippen LogP contribution is -2.75. The Balaban J connectivity index is 1.52. The van der Waals surface area contributed by atoms with Crippen molar-refractivity contribution < 1.29 is 39.3 Å². The summed E-state index contributed by atoms with van der Waals surface area (Å²) in [6, 6.07) is 5.11. The minimum absolute atomic E-state index is 0.00630. The Morgan fingerprint density at radius 1 is 1.18 bits per heavy atom. The number of aliphatic hydroxyl groups excluding tert-OH is 1. The molecule has 7 atom stereocenters. The molecule has 0 spiro atoms. The summed E-state index contributed by atoms with van der Waals surface area (Å²) in [7, 11) is 3.17. The molecular formula is C28H30N4O8. The maximum atomic E-state index is 13.9. The van der Waals surface area contributed by atoms with Gasteiger partial charge in [0.25, 0.3) is 5.91 Å². The second-order valence-electron chi connectivity index (χ2n) is 11.0. The number of primary amides is 1. The van der Waals surface area contributed by atoms with Gasteiger partial charge in [0.15, 0.2) is 23.0 Å². The monoisotopic (exact) mass is 550 g/mol. The van der Waals surface area contributed by atoms with Crippen LogP contribution in [-0.4, -0.2) is 86.2 Å². The lowest BCUT2D eigenvalue weighted by atomic mass is 9.52. The zero-order chi connectivity index (χ0) is 29.1. The summed E-state index contributed by atoms with van der Waals surface area (Å²) in [5.41, 5.74) is 3.92. The van der Waals surface area contributed by atoms with Crippen LogP contribution in [0, 0.1) is 23.7 Å². The van der Waals surface area contributed by atoms with Crippen LogP contribution in [-0.2, 0) is 27.3 Å². The lowest BCUT2D eigenvalue weighted by molar-refractivity contribution is -0.190. The Labute approximate surface area is 229 Å². The number of nitrogens with one attached hydrogen (secondary N) is 1. The molecule has 12 nitrogen and oxygen atoms in total. The molecule has 3 aliphatic carbocycles. The molecule has 0 radical (unpaired) electrons. The van der Waals surface area contributed by atoms with E-state index in [9.17, 15) is 39.3 Å². The molecular weight excluding hydrogens is 520 g/mol. The number of benzene rings is 1. The lowest BCUT2D eigenvalue weighted by Gasteiger charge is -2.54. The summed E-state index contributed by atoms with van der Waals surface area (Å²) in [6.07, 6.45) is 1.53. The van der Waals surface area contributed by atoms with Gasteiger partial charge in [0.1, 0.15) is 11.7 Å². The first-order valence-electron chi connectivity index (χ1n) is 12.9. The van der Waals surface area contributed by atoms with E-state index in [2.05, 4.69) is 10.3 Å². The van der Waals surface area contributed by atoms with Crippen LogP contribution in [0.4, 0.5) is 0 Å². The number of aromatic nitrogens is 1. The van der Waals surface area contributed by atoms with Crippen molar-refractivity contribution in [3.05, 3.63) is 58.9 Å². The Morgan fingerprint density at radius 3 is 2.52 bits per heavy atom. The number of carbonyl (C=O) groups is 5. The minimum atomic E-state index is -2.72. The van der Waals surface area contributed by atoms with Gasteiger partial charge < -0.3 is 31.3 Å². The number of fused-ring (bicyclic) bond motifs is 3. The van der Waals surface area contributed by atoms with E-state index in [0.717, 1.165) is 0 Å². The molecule has 5 rings (SSSR count). The van der Waals surface area contributed by atoms with Crippen molar-refractivity contribution in [2.24, 2.45) is 29.4 Å². The maximum Gasteiger partial charge on any atom is 0.253 e. The molecule has 2 aromatic rings. The molecule has 1 heterocycles. The van der Waals surface area contributed by atoms with Crippen LogP contribution >= 0.6 is 0 Å². The topological polar surface area (TPSA) is 200 Å². The molecule has 0 aliphatic heterocycles. The highest BCUT2D eigenvalue weighted by Gasteiger charge is 2.69. The molecule has 2 fully saturated rings. The number of carbonyl (C=O) groups excluding carboxylic acids is 5. The Morgan fingerprint density at radius 2 is 1.90 bits per heavy atom. The van der Waals surface area contributed by atoms with Crippen molar-refractivity contribution in [2.75, 3.05) is 14.1 Å². The van der Waals surface area contributed by atoms with E-state index in [1.165, 1.54) is 23.4 Å². The van der Waals surface area contributed by atoms with Crippen molar-refractivity contribution in [1.29, 1.82) is 0 Å². The van der Waals surface area contributed by atoms with Gasteiger partial charge in [-0.2, -0.15) is 0 Å². The zero-order valence-electron chi connectivity index (χ0n) is 21.9. The van der Waals surface area contributed by atoms with Crippen LogP contribution < -0.4 is 11.1 Å². The van der Waals surface area contributed by atoms with Crippen molar-refractivity contribution >= 4 is 29.2 Å². The van der Waals surface area contributed by atoms with E-state index in [0.29, 0.717) is 16.7 Å². The number of nitrogens with two attached hydrogens (primary N) is 1. The zero-order valence-corrected chi connectivity index (χ0v) is 21.9. The highest BCUT2D eigenvalue weighted by atomic mass is 16.3. The first-order chi connectivity index (χ1) is 18.9. The highest BCUT2D eigenvalue weighted by molar-refractivity contribution is 6.25.